The van der Waals surface area contributed by atoms with E-state index in [9.17, 15) is 10.5 Å². The monoisotopic (exact) mass is 500 g/mol. The van der Waals surface area contributed by atoms with Gasteiger partial charge in [-0.2, -0.15) is 10.5 Å². The lowest BCUT2D eigenvalue weighted by atomic mass is 9.89. The molecule has 0 aromatic heterocycles. The van der Waals surface area contributed by atoms with Gasteiger partial charge in [-0.1, -0.05) is 125 Å². The lowest BCUT2D eigenvalue weighted by Crippen LogP contribution is -1.99. The van der Waals surface area contributed by atoms with Gasteiger partial charge in [0.2, 0.25) is 0 Å². The van der Waals surface area contributed by atoms with Crippen LogP contribution in [-0.4, -0.2) is 0 Å². The van der Waals surface area contributed by atoms with Crippen LogP contribution in [0.4, 0.5) is 0 Å². The van der Waals surface area contributed by atoms with Crippen LogP contribution in [0.25, 0.3) is 23.3 Å². The Balaban J connectivity index is 2.12. The Kier molecular flexibility index (Phi) is 12.1. The van der Waals surface area contributed by atoms with Crippen LogP contribution in [0.2, 0.25) is 0 Å². The Hall–Kier alpha value is -3.88. The molecule has 0 aliphatic heterocycles. The summed E-state index contributed by atoms with van der Waals surface area (Å²) in [6, 6.07) is 29.3. The van der Waals surface area contributed by atoms with Gasteiger partial charge in [0.25, 0.3) is 0 Å². The maximum Gasteiger partial charge on any atom is 0.0998 e. The first-order valence-corrected chi connectivity index (χ1v) is 14.2. The zero-order valence-electron chi connectivity index (χ0n) is 23.0. The molecule has 3 rings (SSSR count). The van der Waals surface area contributed by atoms with E-state index >= 15 is 0 Å². The second-order valence-electron chi connectivity index (χ2n) is 9.94. The third-order valence-electron chi connectivity index (χ3n) is 7.01. The zero-order chi connectivity index (χ0) is 27.0. The maximum absolute atomic E-state index is 10.0. The molecular weight excluding hydrogens is 460 g/mol. The van der Waals surface area contributed by atoms with Crippen LogP contribution >= 0.6 is 0 Å². The van der Waals surface area contributed by atoms with E-state index < -0.39 is 0 Å². The van der Waals surface area contributed by atoms with Crippen molar-refractivity contribution < 1.29 is 0 Å². The maximum atomic E-state index is 10.0. The molecule has 3 aromatic carbocycles. The van der Waals surface area contributed by atoms with Crippen LogP contribution in [0.3, 0.4) is 0 Å². The first-order valence-electron chi connectivity index (χ1n) is 14.2. The van der Waals surface area contributed by atoms with Gasteiger partial charge in [0.15, 0.2) is 0 Å². The van der Waals surface area contributed by atoms with Crippen molar-refractivity contribution in [3.05, 3.63) is 106 Å². The standard InChI is InChI=1S/C36H40N2/c1-3-5-7-11-21-31-23-34(26-36(28-38)30-19-15-10-16-20-30)32(22-12-8-6-4-2)24-33(31)25-35(27-37)29-17-13-9-14-18-29/h9-10,13-20,23-26H,3-8,11-12,21-22H2,1-2H3/b35-25+,36-26+. The zero-order valence-corrected chi connectivity index (χ0v) is 23.0. The van der Waals surface area contributed by atoms with Crippen molar-refractivity contribution >= 4 is 23.3 Å². The normalized spacial score (nSPS) is 11.7. The average molecular weight is 501 g/mol. The van der Waals surface area contributed by atoms with Crippen molar-refractivity contribution in [3.8, 4) is 12.1 Å². The molecule has 38 heavy (non-hydrogen) atoms. The van der Waals surface area contributed by atoms with E-state index in [-0.39, 0.29) is 0 Å². The van der Waals surface area contributed by atoms with E-state index in [4.69, 9.17) is 0 Å². The number of rotatable bonds is 14. The molecule has 0 aliphatic rings. The van der Waals surface area contributed by atoms with Crippen molar-refractivity contribution in [3.63, 3.8) is 0 Å². The first-order chi connectivity index (χ1) is 18.7. The highest BCUT2D eigenvalue weighted by molar-refractivity contribution is 5.92. The highest BCUT2D eigenvalue weighted by Crippen LogP contribution is 2.29. The van der Waals surface area contributed by atoms with E-state index in [1.807, 2.05) is 60.7 Å². The van der Waals surface area contributed by atoms with Crippen molar-refractivity contribution in [1.82, 2.24) is 0 Å². The predicted octanol–water partition coefficient (Wildman–Crippen LogP) is 10.1. The quantitative estimate of drug-likeness (QED) is 0.126. The van der Waals surface area contributed by atoms with Gasteiger partial charge in [0, 0.05) is 0 Å². The lowest BCUT2D eigenvalue weighted by molar-refractivity contribution is 0.663. The fourth-order valence-electron chi connectivity index (χ4n) is 4.82. The number of hydrogen-bond donors (Lipinski definition) is 0. The fraction of sp³-hybridized carbons (Fsp3) is 0.333. The van der Waals surface area contributed by atoms with E-state index in [0.29, 0.717) is 11.1 Å². The molecule has 0 unspecified atom stereocenters. The number of nitrogens with zero attached hydrogens (tertiary/aromatic N) is 2. The summed E-state index contributed by atoms with van der Waals surface area (Å²) in [6.45, 7) is 4.47. The summed E-state index contributed by atoms with van der Waals surface area (Å²) < 4.78 is 0. The Morgan fingerprint density at radius 3 is 1.32 bits per heavy atom. The highest BCUT2D eigenvalue weighted by Gasteiger charge is 2.12. The van der Waals surface area contributed by atoms with Crippen molar-refractivity contribution in [1.29, 1.82) is 10.5 Å². The van der Waals surface area contributed by atoms with Gasteiger partial charge in [0.05, 0.1) is 23.3 Å². The predicted molar refractivity (Wildman–Crippen MR) is 162 cm³/mol. The minimum Gasteiger partial charge on any atom is -0.192 e. The summed E-state index contributed by atoms with van der Waals surface area (Å²) in [6.07, 6.45) is 15.5. The molecular formula is C36H40N2. The molecule has 0 saturated carbocycles. The molecule has 0 aliphatic carbocycles. The van der Waals surface area contributed by atoms with Gasteiger partial charge in [-0.15, -0.1) is 0 Å². The number of hydrogen-bond acceptors (Lipinski definition) is 2. The molecule has 0 radical (unpaired) electrons. The van der Waals surface area contributed by atoms with Gasteiger partial charge in [-0.3, -0.25) is 0 Å². The smallest absolute Gasteiger partial charge is 0.0998 e. The number of unbranched alkanes of at least 4 members (excludes halogenated alkanes) is 6. The number of aryl methyl sites for hydroxylation is 2. The molecule has 0 saturated heterocycles. The molecule has 0 atom stereocenters. The summed E-state index contributed by atoms with van der Waals surface area (Å²) in [5.41, 5.74) is 8.00. The topological polar surface area (TPSA) is 47.6 Å². The molecule has 0 spiro atoms. The van der Waals surface area contributed by atoms with E-state index in [0.717, 1.165) is 47.9 Å². The molecule has 3 aromatic rings. The minimum atomic E-state index is 0.683. The van der Waals surface area contributed by atoms with E-state index in [1.165, 1.54) is 49.7 Å². The van der Waals surface area contributed by atoms with Crippen LogP contribution in [0.5, 0.6) is 0 Å². The number of allylic oxidation sites excluding steroid dienone is 2. The molecule has 2 nitrogen and oxygen atoms in total. The van der Waals surface area contributed by atoms with Crippen molar-refractivity contribution in [2.45, 2.75) is 78.1 Å². The van der Waals surface area contributed by atoms with Crippen molar-refractivity contribution in [2.75, 3.05) is 0 Å². The van der Waals surface area contributed by atoms with E-state index in [2.05, 4.69) is 50.3 Å². The molecule has 0 heterocycles. The molecule has 2 heteroatoms. The Labute approximate surface area is 230 Å². The Morgan fingerprint density at radius 2 is 0.974 bits per heavy atom. The number of nitriles is 2. The van der Waals surface area contributed by atoms with Gasteiger partial charge in [0.1, 0.15) is 0 Å². The SMILES string of the molecule is CCCCCCc1cc(/C=C(\C#N)c2ccccc2)c(CCCCCC)cc1/C=C(\C#N)c1ccccc1. The van der Waals surface area contributed by atoms with Crippen LogP contribution < -0.4 is 0 Å². The van der Waals surface area contributed by atoms with Crippen LogP contribution in [0.15, 0.2) is 72.8 Å². The summed E-state index contributed by atoms with van der Waals surface area (Å²) >= 11 is 0. The van der Waals surface area contributed by atoms with Gasteiger partial charge in [-0.05, 0) is 71.2 Å². The summed E-state index contributed by atoms with van der Waals surface area (Å²) in [5, 5.41) is 20.0. The third kappa shape index (κ3) is 8.61. The first kappa shape index (κ1) is 28.7. The fourth-order valence-corrected chi connectivity index (χ4v) is 4.82. The Bertz CT molecular complexity index is 1180. The molecule has 0 N–H and O–H groups in total. The van der Waals surface area contributed by atoms with E-state index in [1.54, 1.807) is 0 Å². The summed E-state index contributed by atoms with van der Waals surface area (Å²) in [4.78, 5) is 0. The average Bonchev–Trinajstić information content (AvgIpc) is 2.97. The summed E-state index contributed by atoms with van der Waals surface area (Å²) in [5.74, 6) is 0. The van der Waals surface area contributed by atoms with Gasteiger partial charge >= 0.3 is 0 Å². The van der Waals surface area contributed by atoms with Gasteiger partial charge in [-0.25, -0.2) is 0 Å². The molecule has 0 fully saturated rings. The van der Waals surface area contributed by atoms with Crippen LogP contribution in [0, 0.1) is 22.7 Å². The second kappa shape index (κ2) is 16.1. The van der Waals surface area contributed by atoms with Crippen LogP contribution in [-0.2, 0) is 12.8 Å². The largest absolute Gasteiger partial charge is 0.192 e. The highest BCUT2D eigenvalue weighted by atomic mass is 14.3. The minimum absolute atomic E-state index is 0.683. The summed E-state index contributed by atoms with van der Waals surface area (Å²) in [7, 11) is 0. The molecule has 0 bridgehead atoms. The lowest BCUT2D eigenvalue weighted by Gasteiger charge is -2.15. The van der Waals surface area contributed by atoms with Crippen LogP contribution in [0.1, 0.15) is 98.6 Å². The second-order valence-corrected chi connectivity index (χ2v) is 9.94. The third-order valence-corrected chi connectivity index (χ3v) is 7.01. The Morgan fingerprint density at radius 1 is 0.579 bits per heavy atom. The number of benzene rings is 3. The van der Waals surface area contributed by atoms with Gasteiger partial charge < -0.3 is 0 Å². The molecule has 194 valence electrons. The van der Waals surface area contributed by atoms with Crippen molar-refractivity contribution in [2.24, 2.45) is 0 Å². The molecule has 0 amide bonds.